The Kier molecular flexibility index (Phi) is 9.94. The highest BCUT2D eigenvalue weighted by atomic mass is 15.1. The van der Waals surface area contributed by atoms with Crippen molar-refractivity contribution < 1.29 is 0 Å². The van der Waals surface area contributed by atoms with Crippen molar-refractivity contribution >= 4 is 0 Å². The Labute approximate surface area is 83.5 Å². The second-order valence-corrected chi connectivity index (χ2v) is 3.52. The van der Waals surface area contributed by atoms with Crippen LogP contribution in [0.1, 0.15) is 52.9 Å². The average molecular weight is 185 g/mol. The molecule has 0 fully saturated rings. The highest BCUT2D eigenvalue weighted by molar-refractivity contribution is 4.62. The predicted molar refractivity (Wildman–Crippen MR) is 58.9 cm³/mol. The van der Waals surface area contributed by atoms with E-state index >= 15 is 0 Å². The van der Waals surface area contributed by atoms with Crippen molar-refractivity contribution in [2.75, 3.05) is 13.1 Å². The zero-order valence-corrected chi connectivity index (χ0v) is 9.47. The number of hydrogen-bond acceptors (Lipinski definition) is 1. The zero-order chi connectivity index (χ0) is 9.94. The van der Waals surface area contributed by atoms with E-state index < -0.39 is 0 Å². The Morgan fingerprint density at radius 3 is 2.38 bits per heavy atom. The minimum Gasteiger partial charge on any atom is -0.301 e. The highest BCUT2D eigenvalue weighted by Crippen LogP contribution is 1.95. The fourth-order valence-electron chi connectivity index (χ4n) is 1.26. The van der Waals surface area contributed by atoms with Crippen LogP contribution in [0.2, 0.25) is 0 Å². The monoisotopic (exact) mass is 185 g/mol. The largest absolute Gasteiger partial charge is 0.301 e. The van der Waals surface area contributed by atoms with Gasteiger partial charge in [-0.15, -0.1) is 0 Å². The maximum absolute atomic E-state index is 4.59. The Morgan fingerprint density at radius 1 is 1.08 bits per heavy atom. The maximum Gasteiger partial charge on any atom is 0.0735 e. The Balaban J connectivity index is 3.41. The van der Waals surface area contributed by atoms with Crippen LogP contribution in [-0.4, -0.2) is 19.3 Å². The van der Waals surface area contributed by atoms with Gasteiger partial charge in [-0.2, -0.15) is 0 Å². The van der Waals surface area contributed by atoms with Gasteiger partial charge in [-0.25, -0.2) is 5.32 Å². The summed E-state index contributed by atoms with van der Waals surface area (Å²) < 4.78 is 0. The average Bonchev–Trinajstić information content (AvgIpc) is 2.14. The summed E-state index contributed by atoms with van der Waals surface area (Å²) in [4.78, 5) is 0. The number of nitrogens with one attached hydrogen (secondary N) is 1. The molecule has 0 rings (SSSR count). The zero-order valence-electron chi connectivity index (χ0n) is 9.47. The molecular weight excluding hydrogens is 160 g/mol. The van der Waals surface area contributed by atoms with Crippen molar-refractivity contribution in [3.05, 3.63) is 0 Å². The lowest BCUT2D eigenvalue weighted by Crippen LogP contribution is -2.38. The second-order valence-electron chi connectivity index (χ2n) is 3.52. The third-order valence-electron chi connectivity index (χ3n) is 2.05. The van der Waals surface area contributed by atoms with Crippen LogP contribution in [0.4, 0.5) is 0 Å². The van der Waals surface area contributed by atoms with Gasteiger partial charge in [0.15, 0.2) is 0 Å². The van der Waals surface area contributed by atoms with Crippen LogP contribution in [0.3, 0.4) is 0 Å². The van der Waals surface area contributed by atoms with Gasteiger partial charge in [0.25, 0.3) is 0 Å². The molecule has 13 heavy (non-hydrogen) atoms. The molecule has 0 aromatic carbocycles. The number of unbranched alkanes of at least 4 members (excludes halogenated alkanes) is 1. The van der Waals surface area contributed by atoms with Crippen molar-refractivity contribution in [1.29, 1.82) is 0 Å². The predicted octanol–water partition coefficient (Wildman–Crippen LogP) is 2.52. The maximum atomic E-state index is 4.59. The lowest BCUT2D eigenvalue weighted by molar-refractivity contribution is 0.387. The van der Waals surface area contributed by atoms with Crippen LogP contribution in [0.15, 0.2) is 0 Å². The molecule has 0 amide bonds. The molecule has 2 heteroatoms. The summed E-state index contributed by atoms with van der Waals surface area (Å²) in [5.74, 6) is 0. The van der Waals surface area contributed by atoms with Crippen molar-refractivity contribution in [2.24, 2.45) is 0 Å². The van der Waals surface area contributed by atoms with E-state index in [0.29, 0.717) is 6.17 Å². The number of hydrogen-bond donors (Lipinski definition) is 1. The lowest BCUT2D eigenvalue weighted by Gasteiger charge is -2.17. The third-order valence-corrected chi connectivity index (χ3v) is 2.05. The molecular formula is C11H25N2. The van der Waals surface area contributed by atoms with E-state index in [1.807, 2.05) is 0 Å². The van der Waals surface area contributed by atoms with Crippen LogP contribution in [-0.2, 0) is 0 Å². The van der Waals surface area contributed by atoms with E-state index in [1.165, 1.54) is 25.7 Å². The first-order valence-corrected chi connectivity index (χ1v) is 5.75. The molecule has 1 unspecified atom stereocenters. The number of nitrogens with zero attached hydrogens (tertiary/aromatic N) is 1. The van der Waals surface area contributed by atoms with E-state index in [1.54, 1.807) is 0 Å². The molecule has 0 aliphatic carbocycles. The van der Waals surface area contributed by atoms with Gasteiger partial charge in [-0.1, -0.05) is 33.6 Å². The molecule has 0 saturated heterocycles. The Hall–Kier alpha value is -0.0800. The number of rotatable bonds is 9. The van der Waals surface area contributed by atoms with E-state index in [2.05, 4.69) is 31.4 Å². The fourth-order valence-corrected chi connectivity index (χ4v) is 1.26. The van der Waals surface area contributed by atoms with Gasteiger partial charge in [-0.05, 0) is 25.8 Å². The van der Waals surface area contributed by atoms with Gasteiger partial charge in [-0.3, -0.25) is 0 Å². The van der Waals surface area contributed by atoms with Crippen LogP contribution in [0.25, 0.3) is 0 Å². The summed E-state index contributed by atoms with van der Waals surface area (Å²) in [6, 6.07) is 0. The minimum atomic E-state index is 0.413. The summed E-state index contributed by atoms with van der Waals surface area (Å²) in [6.07, 6.45) is 6.51. The molecule has 1 N–H and O–H groups in total. The molecule has 1 radical (unpaired) electrons. The first kappa shape index (κ1) is 12.9. The smallest absolute Gasteiger partial charge is 0.0735 e. The van der Waals surface area contributed by atoms with Crippen LogP contribution in [0, 0.1) is 0 Å². The highest BCUT2D eigenvalue weighted by Gasteiger charge is 2.04. The molecule has 0 aliphatic heterocycles. The van der Waals surface area contributed by atoms with Gasteiger partial charge in [0.2, 0.25) is 0 Å². The van der Waals surface area contributed by atoms with Gasteiger partial charge in [0, 0.05) is 6.54 Å². The van der Waals surface area contributed by atoms with E-state index in [-0.39, 0.29) is 0 Å². The van der Waals surface area contributed by atoms with E-state index in [9.17, 15) is 0 Å². The molecule has 79 valence electrons. The molecule has 0 saturated carbocycles. The van der Waals surface area contributed by atoms with E-state index in [4.69, 9.17) is 0 Å². The molecule has 2 nitrogen and oxygen atoms in total. The first-order valence-electron chi connectivity index (χ1n) is 5.75. The van der Waals surface area contributed by atoms with Crippen molar-refractivity contribution in [2.45, 2.75) is 59.0 Å². The molecule has 1 atom stereocenters. The van der Waals surface area contributed by atoms with Crippen molar-refractivity contribution in [3.8, 4) is 0 Å². The summed E-state index contributed by atoms with van der Waals surface area (Å²) >= 11 is 0. The fraction of sp³-hybridized carbons (Fsp3) is 1.00. The quantitative estimate of drug-likeness (QED) is 0.549. The van der Waals surface area contributed by atoms with Crippen molar-refractivity contribution in [3.63, 3.8) is 0 Å². The van der Waals surface area contributed by atoms with Gasteiger partial charge in [0.1, 0.15) is 0 Å². The molecule has 0 aliphatic rings. The van der Waals surface area contributed by atoms with Crippen LogP contribution in [0.5, 0.6) is 0 Å². The molecule has 0 bridgehead atoms. The SMILES string of the molecule is CCCCNC(CCC)[N]CCC. The standard InChI is InChI=1S/C11H25N2/c1-4-7-10-13-11(8-5-2)12-9-6-3/h11,13H,4-10H2,1-3H3. The summed E-state index contributed by atoms with van der Waals surface area (Å²) in [7, 11) is 0. The van der Waals surface area contributed by atoms with E-state index in [0.717, 1.165) is 19.5 Å². The van der Waals surface area contributed by atoms with Gasteiger partial charge < -0.3 is 5.32 Å². The topological polar surface area (TPSA) is 26.1 Å². The molecule has 0 spiro atoms. The van der Waals surface area contributed by atoms with Crippen LogP contribution < -0.4 is 10.6 Å². The Morgan fingerprint density at radius 2 is 1.85 bits per heavy atom. The Bertz CT molecular complexity index is 94.1. The first-order chi connectivity index (χ1) is 6.35. The molecule has 0 aromatic heterocycles. The second kappa shape index (κ2) is 10.0. The van der Waals surface area contributed by atoms with Gasteiger partial charge in [0.05, 0.1) is 6.17 Å². The van der Waals surface area contributed by atoms with Crippen molar-refractivity contribution in [1.82, 2.24) is 10.6 Å². The van der Waals surface area contributed by atoms with Crippen LogP contribution >= 0.6 is 0 Å². The molecule has 0 heterocycles. The van der Waals surface area contributed by atoms with Gasteiger partial charge >= 0.3 is 0 Å². The summed E-state index contributed by atoms with van der Waals surface area (Å²) in [5.41, 5.74) is 0. The summed E-state index contributed by atoms with van der Waals surface area (Å²) in [5, 5.41) is 8.08. The molecule has 0 aromatic rings. The normalized spacial score (nSPS) is 13.2. The third kappa shape index (κ3) is 8.26. The minimum absolute atomic E-state index is 0.413. The summed E-state index contributed by atoms with van der Waals surface area (Å²) in [6.45, 7) is 8.74. The lowest BCUT2D eigenvalue weighted by atomic mass is 10.2.